The predicted octanol–water partition coefficient (Wildman–Crippen LogP) is 2.65. The van der Waals surface area contributed by atoms with Crippen molar-refractivity contribution in [1.29, 1.82) is 0 Å². The Morgan fingerprint density at radius 1 is 1.00 bits per heavy atom. The Morgan fingerprint density at radius 3 is 2.17 bits per heavy atom. The van der Waals surface area contributed by atoms with E-state index >= 15 is 0 Å². The second-order valence-electron chi connectivity index (χ2n) is 4.36. The monoisotopic (exact) mass is 261 g/mol. The Balaban J connectivity index is 2.72. The van der Waals surface area contributed by atoms with Crippen molar-refractivity contribution in [2.75, 3.05) is 12.0 Å². The largest absolute Gasteiger partial charge is 0.398 e. The van der Waals surface area contributed by atoms with E-state index in [0.717, 1.165) is 11.1 Å². The van der Waals surface area contributed by atoms with Gasteiger partial charge in [0.2, 0.25) is 0 Å². The molecule has 0 radical (unpaired) electrons. The molecule has 0 unspecified atom stereocenters. The van der Waals surface area contributed by atoms with Gasteiger partial charge < -0.3 is 5.73 Å². The average molecular weight is 261 g/mol. The average Bonchev–Trinajstić information content (AvgIpc) is 2.28. The first-order valence-electron chi connectivity index (χ1n) is 5.55. The number of anilines is 1. The van der Waals surface area contributed by atoms with Gasteiger partial charge in [0.05, 0.1) is 10.6 Å². The van der Waals surface area contributed by atoms with E-state index < -0.39 is 9.84 Å². The van der Waals surface area contributed by atoms with Crippen molar-refractivity contribution < 1.29 is 8.42 Å². The van der Waals surface area contributed by atoms with Crippen molar-refractivity contribution in [3.63, 3.8) is 0 Å². The molecule has 0 aliphatic carbocycles. The van der Waals surface area contributed by atoms with Crippen LogP contribution in [-0.2, 0) is 9.84 Å². The summed E-state index contributed by atoms with van der Waals surface area (Å²) < 4.78 is 23.7. The molecule has 0 aromatic heterocycles. The third kappa shape index (κ3) is 2.38. The van der Waals surface area contributed by atoms with Crippen LogP contribution in [0.2, 0.25) is 0 Å². The lowest BCUT2D eigenvalue weighted by atomic mass is 10.0. The molecule has 0 spiro atoms. The van der Waals surface area contributed by atoms with Crippen LogP contribution in [-0.4, -0.2) is 14.7 Å². The minimum absolute atomic E-state index is 0.203. The van der Waals surface area contributed by atoms with E-state index in [1.807, 2.05) is 31.2 Å². The SMILES string of the molecule is Cc1ccc(-c2cccc(N)c2S(C)(=O)=O)cc1. The summed E-state index contributed by atoms with van der Waals surface area (Å²) >= 11 is 0. The standard InChI is InChI=1S/C14H15NO2S/c1-10-6-8-11(9-7-10)12-4-3-5-13(15)14(12)18(2,16)17/h3-9H,15H2,1-2H3. The van der Waals surface area contributed by atoms with Crippen LogP contribution in [0.3, 0.4) is 0 Å². The molecule has 0 aliphatic rings. The fourth-order valence-corrected chi connectivity index (χ4v) is 3.01. The Morgan fingerprint density at radius 2 is 1.61 bits per heavy atom. The van der Waals surface area contributed by atoms with Gasteiger partial charge in [-0.15, -0.1) is 0 Å². The zero-order valence-corrected chi connectivity index (χ0v) is 11.2. The van der Waals surface area contributed by atoms with Crippen LogP contribution in [0.15, 0.2) is 47.4 Å². The molecule has 3 nitrogen and oxygen atoms in total. The van der Waals surface area contributed by atoms with Gasteiger partial charge in [-0.05, 0) is 18.6 Å². The molecule has 0 heterocycles. The molecule has 0 bridgehead atoms. The molecule has 94 valence electrons. The fraction of sp³-hybridized carbons (Fsp3) is 0.143. The number of hydrogen-bond donors (Lipinski definition) is 1. The van der Waals surface area contributed by atoms with Crippen molar-refractivity contribution in [3.05, 3.63) is 48.0 Å². The number of benzene rings is 2. The van der Waals surface area contributed by atoms with Crippen molar-refractivity contribution in [1.82, 2.24) is 0 Å². The van der Waals surface area contributed by atoms with Crippen LogP contribution in [0.4, 0.5) is 5.69 Å². The molecule has 0 saturated carbocycles. The van der Waals surface area contributed by atoms with E-state index in [1.165, 1.54) is 6.26 Å². The lowest BCUT2D eigenvalue weighted by Crippen LogP contribution is -2.04. The molecule has 4 heteroatoms. The number of aryl methyl sites for hydroxylation is 1. The molecule has 18 heavy (non-hydrogen) atoms. The van der Waals surface area contributed by atoms with Gasteiger partial charge in [-0.2, -0.15) is 0 Å². The number of nitrogens with two attached hydrogens (primary N) is 1. The molecule has 0 amide bonds. The summed E-state index contributed by atoms with van der Waals surface area (Å²) in [5.41, 5.74) is 8.72. The Labute approximate surface area is 107 Å². The zero-order chi connectivity index (χ0) is 13.3. The number of rotatable bonds is 2. The summed E-state index contributed by atoms with van der Waals surface area (Å²) in [4.78, 5) is 0.203. The minimum atomic E-state index is -3.35. The maximum absolute atomic E-state index is 11.8. The van der Waals surface area contributed by atoms with Crippen molar-refractivity contribution in [2.24, 2.45) is 0 Å². The summed E-state index contributed by atoms with van der Waals surface area (Å²) in [7, 11) is -3.35. The van der Waals surface area contributed by atoms with Gasteiger partial charge >= 0.3 is 0 Å². The van der Waals surface area contributed by atoms with Gasteiger partial charge in [-0.3, -0.25) is 0 Å². The minimum Gasteiger partial charge on any atom is -0.398 e. The summed E-state index contributed by atoms with van der Waals surface area (Å²) in [6.45, 7) is 1.99. The third-order valence-corrected chi connectivity index (χ3v) is 3.98. The van der Waals surface area contributed by atoms with Crippen LogP contribution in [0.5, 0.6) is 0 Å². The zero-order valence-electron chi connectivity index (χ0n) is 10.3. The van der Waals surface area contributed by atoms with E-state index in [2.05, 4.69) is 0 Å². The summed E-state index contributed by atoms with van der Waals surface area (Å²) in [6, 6.07) is 12.8. The number of nitrogen functional groups attached to an aromatic ring is 1. The molecular formula is C14H15NO2S. The molecule has 2 aromatic rings. The molecule has 2 rings (SSSR count). The van der Waals surface area contributed by atoms with Crippen LogP contribution in [0.1, 0.15) is 5.56 Å². The topological polar surface area (TPSA) is 60.2 Å². The quantitative estimate of drug-likeness (QED) is 0.845. The first-order chi connectivity index (χ1) is 8.39. The highest BCUT2D eigenvalue weighted by molar-refractivity contribution is 7.91. The number of sulfone groups is 1. The fourth-order valence-electron chi connectivity index (χ4n) is 1.93. The molecule has 0 saturated heterocycles. The summed E-state index contributed by atoms with van der Waals surface area (Å²) in [5, 5.41) is 0. The van der Waals surface area contributed by atoms with Gasteiger partial charge in [0.25, 0.3) is 0 Å². The number of hydrogen-bond acceptors (Lipinski definition) is 3. The molecule has 0 atom stereocenters. The highest BCUT2D eigenvalue weighted by Crippen LogP contribution is 2.31. The van der Waals surface area contributed by atoms with E-state index in [0.29, 0.717) is 5.56 Å². The maximum Gasteiger partial charge on any atom is 0.178 e. The highest BCUT2D eigenvalue weighted by atomic mass is 32.2. The van der Waals surface area contributed by atoms with E-state index in [4.69, 9.17) is 5.73 Å². The lowest BCUT2D eigenvalue weighted by molar-refractivity contribution is 0.602. The molecule has 2 N–H and O–H groups in total. The lowest BCUT2D eigenvalue weighted by Gasteiger charge is -2.11. The molecule has 0 fully saturated rings. The summed E-state index contributed by atoms with van der Waals surface area (Å²) in [6.07, 6.45) is 1.18. The third-order valence-electron chi connectivity index (χ3n) is 2.78. The van der Waals surface area contributed by atoms with Gasteiger partial charge in [0, 0.05) is 11.8 Å². The second kappa shape index (κ2) is 4.46. The van der Waals surface area contributed by atoms with Gasteiger partial charge in [-0.25, -0.2) is 8.42 Å². The van der Waals surface area contributed by atoms with Gasteiger partial charge in [-0.1, -0.05) is 42.0 Å². The van der Waals surface area contributed by atoms with Crippen LogP contribution < -0.4 is 5.73 Å². The van der Waals surface area contributed by atoms with Crippen LogP contribution in [0, 0.1) is 6.92 Å². The van der Waals surface area contributed by atoms with Crippen molar-refractivity contribution in [2.45, 2.75) is 11.8 Å². The first kappa shape index (κ1) is 12.6. The normalized spacial score (nSPS) is 11.4. The van der Waals surface area contributed by atoms with Crippen LogP contribution in [0.25, 0.3) is 11.1 Å². The molecular weight excluding hydrogens is 246 g/mol. The van der Waals surface area contributed by atoms with Crippen LogP contribution >= 0.6 is 0 Å². The maximum atomic E-state index is 11.8. The first-order valence-corrected chi connectivity index (χ1v) is 7.44. The highest BCUT2D eigenvalue weighted by Gasteiger charge is 2.17. The van der Waals surface area contributed by atoms with E-state index in [-0.39, 0.29) is 10.6 Å². The van der Waals surface area contributed by atoms with Gasteiger partial charge in [0.1, 0.15) is 0 Å². The van der Waals surface area contributed by atoms with Gasteiger partial charge in [0.15, 0.2) is 9.84 Å². The predicted molar refractivity (Wildman–Crippen MR) is 74.1 cm³/mol. The van der Waals surface area contributed by atoms with E-state index in [9.17, 15) is 8.42 Å². The van der Waals surface area contributed by atoms with Crippen molar-refractivity contribution >= 4 is 15.5 Å². The summed E-state index contributed by atoms with van der Waals surface area (Å²) in [5.74, 6) is 0. The molecule has 2 aromatic carbocycles. The smallest absolute Gasteiger partial charge is 0.178 e. The Hall–Kier alpha value is -1.81. The van der Waals surface area contributed by atoms with E-state index in [1.54, 1.807) is 18.2 Å². The molecule has 0 aliphatic heterocycles. The Kier molecular flexibility index (Phi) is 3.13. The second-order valence-corrected chi connectivity index (χ2v) is 6.31. The Bertz CT molecular complexity index is 673. The van der Waals surface area contributed by atoms with Crippen molar-refractivity contribution in [3.8, 4) is 11.1 Å².